The number of benzene rings is 2. The number of unbranched alkanes of at least 4 members (excludes halogenated alkanes) is 1. The van der Waals surface area contributed by atoms with Gasteiger partial charge in [0, 0.05) is 6.54 Å². The Labute approximate surface area is 176 Å². The first-order valence-corrected chi connectivity index (χ1v) is 10.3. The summed E-state index contributed by atoms with van der Waals surface area (Å²) in [5.74, 6) is 0.515. The average Bonchev–Trinajstić information content (AvgIpc) is 3.26. The van der Waals surface area contributed by atoms with Crippen LogP contribution in [0.25, 0.3) is 5.70 Å². The molecule has 1 aromatic heterocycles. The number of hydrogen-bond donors (Lipinski definition) is 1. The lowest BCUT2D eigenvalue weighted by Crippen LogP contribution is -2.40. The Morgan fingerprint density at radius 1 is 1.10 bits per heavy atom. The number of nitrogens with zero attached hydrogens (tertiary/aromatic N) is 5. The Kier molecular flexibility index (Phi) is 5.88. The highest BCUT2D eigenvalue weighted by molar-refractivity contribution is 5.89. The molecule has 1 aliphatic rings. The van der Waals surface area contributed by atoms with Crippen molar-refractivity contribution in [2.75, 3.05) is 18.0 Å². The smallest absolute Gasteiger partial charge is 0.251 e. The molecule has 7 nitrogen and oxygen atoms in total. The van der Waals surface area contributed by atoms with Crippen LogP contribution in [0, 0.1) is 6.92 Å². The number of rotatable bonds is 7. The van der Waals surface area contributed by atoms with Crippen LogP contribution in [-0.4, -0.2) is 39.2 Å². The Bertz CT molecular complexity index is 1030. The lowest BCUT2D eigenvalue weighted by Gasteiger charge is -2.32. The van der Waals surface area contributed by atoms with Gasteiger partial charge in [-0.2, -0.15) is 4.68 Å². The van der Waals surface area contributed by atoms with Gasteiger partial charge in [-0.1, -0.05) is 78.6 Å². The average molecular weight is 403 g/mol. The first-order chi connectivity index (χ1) is 14.7. The van der Waals surface area contributed by atoms with Crippen LogP contribution < -0.4 is 10.2 Å². The van der Waals surface area contributed by atoms with Crippen LogP contribution in [0.1, 0.15) is 42.5 Å². The predicted molar refractivity (Wildman–Crippen MR) is 117 cm³/mol. The van der Waals surface area contributed by atoms with Gasteiger partial charge in [-0.25, -0.2) is 0 Å². The third-order valence-electron chi connectivity index (χ3n) is 5.23. The van der Waals surface area contributed by atoms with Crippen molar-refractivity contribution >= 4 is 17.6 Å². The molecule has 30 heavy (non-hydrogen) atoms. The number of aromatic nitrogens is 4. The maximum absolute atomic E-state index is 12.6. The van der Waals surface area contributed by atoms with Crippen LogP contribution in [0.4, 0.5) is 5.95 Å². The zero-order valence-corrected chi connectivity index (χ0v) is 17.3. The number of aryl methyl sites for hydroxylation is 1. The van der Waals surface area contributed by atoms with Crippen molar-refractivity contribution in [2.24, 2.45) is 0 Å². The van der Waals surface area contributed by atoms with E-state index in [-0.39, 0.29) is 18.5 Å². The molecule has 0 saturated heterocycles. The lowest BCUT2D eigenvalue weighted by atomic mass is 10.00. The van der Waals surface area contributed by atoms with Crippen molar-refractivity contribution in [3.63, 3.8) is 0 Å². The van der Waals surface area contributed by atoms with E-state index >= 15 is 0 Å². The molecule has 154 valence electrons. The molecule has 4 rings (SSSR count). The standard InChI is InChI=1S/C23H26N6O/c1-3-4-14-24-22(30)16-28-20(18-8-6-5-7-9-18)15-21(29-23(28)25-26-27-29)19-12-10-17(2)11-13-19/h5-13,15,21H,3-4,14,16H2,1-2H3,(H,24,30). The van der Waals surface area contributed by atoms with Crippen LogP contribution in [0.3, 0.4) is 0 Å². The molecule has 0 saturated carbocycles. The van der Waals surface area contributed by atoms with E-state index in [4.69, 9.17) is 0 Å². The van der Waals surface area contributed by atoms with Gasteiger partial charge < -0.3 is 5.32 Å². The van der Waals surface area contributed by atoms with Gasteiger partial charge in [-0.3, -0.25) is 9.69 Å². The zero-order valence-electron chi connectivity index (χ0n) is 17.3. The van der Waals surface area contributed by atoms with E-state index in [9.17, 15) is 4.79 Å². The van der Waals surface area contributed by atoms with Gasteiger partial charge in [0.1, 0.15) is 12.6 Å². The predicted octanol–water partition coefficient (Wildman–Crippen LogP) is 3.35. The van der Waals surface area contributed by atoms with E-state index in [1.165, 1.54) is 5.56 Å². The Balaban J connectivity index is 1.73. The molecule has 1 atom stereocenters. The summed E-state index contributed by atoms with van der Waals surface area (Å²) in [6.45, 7) is 5.00. The lowest BCUT2D eigenvalue weighted by molar-refractivity contribution is -0.119. The minimum atomic E-state index is -0.148. The highest BCUT2D eigenvalue weighted by Gasteiger charge is 2.31. The number of amides is 1. The minimum absolute atomic E-state index is 0.0476. The molecule has 0 spiro atoms. The molecular weight excluding hydrogens is 376 g/mol. The van der Waals surface area contributed by atoms with Crippen molar-refractivity contribution < 1.29 is 4.79 Å². The second-order valence-electron chi connectivity index (χ2n) is 7.49. The largest absolute Gasteiger partial charge is 0.355 e. The van der Waals surface area contributed by atoms with E-state index in [1.807, 2.05) is 35.2 Å². The molecule has 0 aliphatic carbocycles. The third kappa shape index (κ3) is 4.10. The number of fused-ring (bicyclic) bond motifs is 1. The van der Waals surface area contributed by atoms with Gasteiger partial charge in [-0.15, -0.1) is 0 Å². The summed E-state index contributed by atoms with van der Waals surface area (Å²) in [7, 11) is 0. The third-order valence-corrected chi connectivity index (χ3v) is 5.23. The first kappa shape index (κ1) is 19.8. The number of carbonyl (C=O) groups is 1. The number of allylic oxidation sites excluding steroid dienone is 1. The molecule has 7 heteroatoms. The summed E-state index contributed by atoms with van der Waals surface area (Å²) in [4.78, 5) is 14.5. The second-order valence-corrected chi connectivity index (χ2v) is 7.49. The first-order valence-electron chi connectivity index (χ1n) is 10.3. The van der Waals surface area contributed by atoms with Gasteiger partial charge >= 0.3 is 0 Å². The monoisotopic (exact) mass is 402 g/mol. The van der Waals surface area contributed by atoms with Crippen molar-refractivity contribution in [3.8, 4) is 0 Å². The van der Waals surface area contributed by atoms with E-state index in [0.717, 1.165) is 29.7 Å². The van der Waals surface area contributed by atoms with Crippen LogP contribution >= 0.6 is 0 Å². The maximum atomic E-state index is 12.6. The highest BCUT2D eigenvalue weighted by atomic mass is 16.2. The summed E-state index contributed by atoms with van der Waals surface area (Å²) in [6.07, 6.45) is 4.12. The molecule has 0 bridgehead atoms. The van der Waals surface area contributed by atoms with Crippen LogP contribution in [-0.2, 0) is 4.79 Å². The fourth-order valence-corrected chi connectivity index (χ4v) is 3.59. The Hall–Kier alpha value is -3.48. The van der Waals surface area contributed by atoms with E-state index in [2.05, 4.69) is 65.0 Å². The number of nitrogens with one attached hydrogen (secondary N) is 1. The molecule has 1 N–H and O–H groups in total. The van der Waals surface area contributed by atoms with Gasteiger partial charge in [-0.05, 0) is 41.0 Å². The summed E-state index contributed by atoms with van der Waals surface area (Å²) in [5.41, 5.74) is 4.23. The minimum Gasteiger partial charge on any atom is -0.355 e. The number of carbonyl (C=O) groups excluding carboxylic acids is 1. The van der Waals surface area contributed by atoms with Gasteiger partial charge in [0.25, 0.3) is 5.95 Å². The molecule has 1 unspecified atom stereocenters. The molecule has 1 amide bonds. The Morgan fingerprint density at radius 2 is 1.87 bits per heavy atom. The van der Waals surface area contributed by atoms with Crippen molar-refractivity contribution in [1.82, 2.24) is 25.5 Å². The molecule has 2 heterocycles. The van der Waals surface area contributed by atoms with Gasteiger partial charge in [0.15, 0.2) is 0 Å². The van der Waals surface area contributed by atoms with E-state index in [1.54, 1.807) is 4.68 Å². The van der Waals surface area contributed by atoms with Crippen molar-refractivity contribution in [1.29, 1.82) is 0 Å². The molecule has 3 aromatic rings. The van der Waals surface area contributed by atoms with Crippen molar-refractivity contribution in [2.45, 2.75) is 32.7 Å². The normalized spacial score (nSPS) is 15.5. The van der Waals surface area contributed by atoms with Crippen molar-refractivity contribution in [3.05, 3.63) is 77.4 Å². The van der Waals surface area contributed by atoms with Crippen LogP contribution in [0.2, 0.25) is 0 Å². The molecule has 0 fully saturated rings. The molecular formula is C23H26N6O. The van der Waals surface area contributed by atoms with Gasteiger partial charge in [0.2, 0.25) is 5.91 Å². The van der Waals surface area contributed by atoms with Gasteiger partial charge in [0.05, 0.1) is 5.70 Å². The maximum Gasteiger partial charge on any atom is 0.251 e. The van der Waals surface area contributed by atoms with Crippen LogP contribution in [0.15, 0.2) is 60.7 Å². The summed E-state index contributed by atoms with van der Waals surface area (Å²) in [5, 5.41) is 15.4. The topological polar surface area (TPSA) is 75.9 Å². The number of tetrazole rings is 1. The summed E-state index contributed by atoms with van der Waals surface area (Å²) >= 11 is 0. The SMILES string of the molecule is CCCCNC(=O)CN1C(c2ccccc2)=CC(c2ccc(C)cc2)n2nnnc21. The summed E-state index contributed by atoms with van der Waals surface area (Å²) in [6, 6.07) is 18.3. The number of hydrogen-bond acceptors (Lipinski definition) is 5. The fourth-order valence-electron chi connectivity index (χ4n) is 3.59. The quantitative estimate of drug-likeness (QED) is 0.614. The zero-order chi connectivity index (χ0) is 20.9. The Morgan fingerprint density at radius 3 is 2.60 bits per heavy atom. The van der Waals surface area contributed by atoms with Crippen LogP contribution in [0.5, 0.6) is 0 Å². The summed E-state index contributed by atoms with van der Waals surface area (Å²) < 4.78 is 1.77. The molecule has 1 aliphatic heterocycles. The number of anilines is 1. The molecule has 2 aromatic carbocycles. The van der Waals surface area contributed by atoms with E-state index < -0.39 is 0 Å². The highest BCUT2D eigenvalue weighted by Crippen LogP contribution is 2.35. The van der Waals surface area contributed by atoms with E-state index in [0.29, 0.717) is 12.5 Å². The fraction of sp³-hybridized carbons (Fsp3) is 0.304. The molecule has 0 radical (unpaired) electrons. The second kappa shape index (κ2) is 8.90.